The molecule has 0 spiro atoms. The van der Waals surface area contributed by atoms with Crippen molar-refractivity contribution in [3.05, 3.63) is 52.3 Å². The fourth-order valence-electron chi connectivity index (χ4n) is 2.18. The summed E-state index contributed by atoms with van der Waals surface area (Å²) in [4.78, 5) is 0. The minimum absolute atomic E-state index is 0.879. The Labute approximate surface area is 110 Å². The summed E-state index contributed by atoms with van der Waals surface area (Å²) in [5.74, 6) is 0. The summed E-state index contributed by atoms with van der Waals surface area (Å²) in [6.07, 6.45) is 2.05. The molecule has 0 radical (unpaired) electrons. The van der Waals surface area contributed by atoms with Crippen molar-refractivity contribution >= 4 is 0 Å². The average Bonchev–Trinajstić information content (AvgIpc) is 2.76. The number of hydrogen-bond acceptors (Lipinski definition) is 1. The number of benzene rings is 1. The van der Waals surface area contributed by atoms with E-state index in [1.807, 2.05) is 0 Å². The van der Waals surface area contributed by atoms with Crippen LogP contribution in [0.1, 0.15) is 41.9 Å². The number of nitrogens with zero attached hydrogens (tertiary/aromatic N) is 2. The molecule has 0 aliphatic carbocycles. The normalized spacial score (nSPS) is 10.9. The minimum atomic E-state index is 0.879. The lowest BCUT2D eigenvalue weighted by atomic mass is 10.1. The smallest absolute Gasteiger partial charge is 0.0662 e. The van der Waals surface area contributed by atoms with E-state index in [9.17, 15) is 0 Å². The molecule has 0 saturated carbocycles. The van der Waals surface area contributed by atoms with Crippen molar-refractivity contribution < 1.29 is 0 Å². The summed E-state index contributed by atoms with van der Waals surface area (Å²) in [6, 6.07) is 8.89. The Kier molecular flexibility index (Phi) is 3.85. The first-order valence-electron chi connectivity index (χ1n) is 6.75. The second-order valence-corrected chi connectivity index (χ2v) is 4.91. The van der Waals surface area contributed by atoms with Gasteiger partial charge in [-0.25, -0.2) is 0 Å². The zero-order chi connectivity index (χ0) is 13.1. The van der Waals surface area contributed by atoms with Crippen LogP contribution in [0.15, 0.2) is 24.3 Å². The second-order valence-electron chi connectivity index (χ2n) is 4.91. The number of hydrogen-bond donors (Lipinski definition) is 0. The summed E-state index contributed by atoms with van der Waals surface area (Å²) in [6.45, 7) is 9.54. The molecular formula is C16H22N2. The summed E-state index contributed by atoms with van der Waals surface area (Å²) in [5.41, 5.74) is 6.55. The van der Waals surface area contributed by atoms with Gasteiger partial charge in [-0.05, 0) is 49.4 Å². The predicted octanol–water partition coefficient (Wildman–Crippen LogP) is 3.67. The van der Waals surface area contributed by atoms with Gasteiger partial charge in [0.05, 0.1) is 12.2 Å². The highest BCUT2D eigenvalue weighted by Gasteiger charge is 2.06. The highest BCUT2D eigenvalue weighted by Crippen LogP contribution is 2.13. The lowest BCUT2D eigenvalue weighted by molar-refractivity contribution is 0.640. The van der Waals surface area contributed by atoms with Gasteiger partial charge in [0.2, 0.25) is 0 Å². The van der Waals surface area contributed by atoms with Crippen LogP contribution in [0.25, 0.3) is 0 Å². The molecule has 1 heterocycles. The van der Waals surface area contributed by atoms with Gasteiger partial charge in [0, 0.05) is 5.69 Å². The van der Waals surface area contributed by atoms with Crippen molar-refractivity contribution in [2.24, 2.45) is 0 Å². The van der Waals surface area contributed by atoms with Gasteiger partial charge in [-0.3, -0.25) is 4.68 Å². The molecule has 0 amide bonds. The Morgan fingerprint density at radius 2 is 1.78 bits per heavy atom. The second kappa shape index (κ2) is 5.38. The van der Waals surface area contributed by atoms with Gasteiger partial charge in [0.1, 0.15) is 0 Å². The van der Waals surface area contributed by atoms with Crippen molar-refractivity contribution in [3.63, 3.8) is 0 Å². The van der Waals surface area contributed by atoms with E-state index in [4.69, 9.17) is 0 Å². The van der Waals surface area contributed by atoms with E-state index in [0.29, 0.717) is 0 Å². The highest BCUT2D eigenvalue weighted by atomic mass is 15.3. The van der Waals surface area contributed by atoms with Crippen LogP contribution in [-0.2, 0) is 19.4 Å². The van der Waals surface area contributed by atoms with Gasteiger partial charge in [-0.15, -0.1) is 0 Å². The molecule has 0 aliphatic rings. The van der Waals surface area contributed by atoms with Crippen molar-refractivity contribution in [3.8, 4) is 0 Å². The molecule has 0 bridgehead atoms. The van der Waals surface area contributed by atoms with E-state index >= 15 is 0 Å². The van der Waals surface area contributed by atoms with Gasteiger partial charge in [-0.2, -0.15) is 5.10 Å². The molecule has 18 heavy (non-hydrogen) atoms. The standard InChI is InChI=1S/C16H22N2/c1-5-15-10-16(6-2)18(17-15)11-14-8-7-12(3)13(4)9-14/h7-10H,5-6,11H2,1-4H3. The monoisotopic (exact) mass is 242 g/mol. The molecule has 2 aromatic rings. The van der Waals surface area contributed by atoms with Crippen LogP contribution in [0.3, 0.4) is 0 Å². The van der Waals surface area contributed by atoms with Crippen LogP contribution >= 0.6 is 0 Å². The fraction of sp³-hybridized carbons (Fsp3) is 0.438. The minimum Gasteiger partial charge on any atom is -0.265 e. The van der Waals surface area contributed by atoms with Crippen LogP contribution in [0.5, 0.6) is 0 Å². The average molecular weight is 242 g/mol. The number of aryl methyl sites for hydroxylation is 4. The summed E-state index contributed by atoms with van der Waals surface area (Å²) in [5, 5.41) is 4.66. The van der Waals surface area contributed by atoms with Crippen molar-refractivity contribution in [1.29, 1.82) is 0 Å². The summed E-state index contributed by atoms with van der Waals surface area (Å²) in [7, 11) is 0. The van der Waals surface area contributed by atoms with Crippen molar-refractivity contribution in [2.75, 3.05) is 0 Å². The Morgan fingerprint density at radius 1 is 1.00 bits per heavy atom. The molecule has 0 aliphatic heterocycles. The topological polar surface area (TPSA) is 17.8 Å². The quantitative estimate of drug-likeness (QED) is 0.800. The van der Waals surface area contributed by atoms with E-state index in [2.05, 4.69) is 61.7 Å². The zero-order valence-corrected chi connectivity index (χ0v) is 11.8. The molecule has 2 rings (SSSR count). The van der Waals surface area contributed by atoms with Gasteiger partial charge in [0.15, 0.2) is 0 Å². The van der Waals surface area contributed by atoms with Gasteiger partial charge in [0.25, 0.3) is 0 Å². The zero-order valence-electron chi connectivity index (χ0n) is 11.8. The van der Waals surface area contributed by atoms with E-state index in [1.165, 1.54) is 28.1 Å². The molecule has 2 nitrogen and oxygen atoms in total. The Bertz CT molecular complexity index is 538. The van der Waals surface area contributed by atoms with E-state index in [-0.39, 0.29) is 0 Å². The number of aromatic nitrogens is 2. The van der Waals surface area contributed by atoms with Gasteiger partial charge >= 0.3 is 0 Å². The Morgan fingerprint density at radius 3 is 2.39 bits per heavy atom. The molecule has 0 unspecified atom stereocenters. The predicted molar refractivity (Wildman–Crippen MR) is 76.0 cm³/mol. The summed E-state index contributed by atoms with van der Waals surface area (Å²) < 4.78 is 2.14. The third-order valence-corrected chi connectivity index (χ3v) is 3.54. The van der Waals surface area contributed by atoms with Crippen LogP contribution in [0, 0.1) is 13.8 Å². The molecule has 0 atom stereocenters. The largest absolute Gasteiger partial charge is 0.265 e. The molecular weight excluding hydrogens is 220 g/mol. The Balaban J connectivity index is 2.27. The molecule has 0 fully saturated rings. The third kappa shape index (κ3) is 2.63. The first-order valence-corrected chi connectivity index (χ1v) is 6.75. The van der Waals surface area contributed by atoms with Crippen LogP contribution in [-0.4, -0.2) is 9.78 Å². The maximum Gasteiger partial charge on any atom is 0.0662 e. The first-order chi connectivity index (χ1) is 8.63. The molecule has 0 N–H and O–H groups in total. The molecule has 0 saturated heterocycles. The third-order valence-electron chi connectivity index (χ3n) is 3.54. The Hall–Kier alpha value is -1.57. The maximum absolute atomic E-state index is 4.66. The molecule has 2 heteroatoms. The first kappa shape index (κ1) is 12.9. The van der Waals surface area contributed by atoms with E-state index < -0.39 is 0 Å². The van der Waals surface area contributed by atoms with Crippen LogP contribution in [0.2, 0.25) is 0 Å². The van der Waals surface area contributed by atoms with Crippen molar-refractivity contribution in [1.82, 2.24) is 9.78 Å². The lowest BCUT2D eigenvalue weighted by Crippen LogP contribution is -2.06. The fourth-order valence-corrected chi connectivity index (χ4v) is 2.18. The van der Waals surface area contributed by atoms with Gasteiger partial charge < -0.3 is 0 Å². The molecule has 1 aromatic heterocycles. The maximum atomic E-state index is 4.66. The highest BCUT2D eigenvalue weighted by molar-refractivity contribution is 5.30. The van der Waals surface area contributed by atoms with Gasteiger partial charge in [-0.1, -0.05) is 32.0 Å². The lowest BCUT2D eigenvalue weighted by Gasteiger charge is -2.08. The van der Waals surface area contributed by atoms with Crippen LogP contribution < -0.4 is 0 Å². The molecule has 96 valence electrons. The van der Waals surface area contributed by atoms with E-state index in [1.54, 1.807) is 0 Å². The van der Waals surface area contributed by atoms with Crippen molar-refractivity contribution in [2.45, 2.75) is 47.1 Å². The summed E-state index contributed by atoms with van der Waals surface area (Å²) >= 11 is 0. The number of rotatable bonds is 4. The van der Waals surface area contributed by atoms with Crippen LogP contribution in [0.4, 0.5) is 0 Å². The SMILES string of the molecule is CCc1cc(CC)n(Cc2ccc(C)c(C)c2)n1. The van der Waals surface area contributed by atoms with E-state index in [0.717, 1.165) is 19.4 Å². The molecule has 1 aromatic carbocycles.